The average molecular weight is 509 g/mol. The third-order valence-electron chi connectivity index (χ3n) is 2.79. The van der Waals surface area contributed by atoms with Crippen molar-refractivity contribution in [2.24, 2.45) is 4.99 Å². The number of benzene rings is 2. The lowest BCUT2D eigenvalue weighted by Gasteiger charge is -2.07. The molecule has 0 saturated heterocycles. The summed E-state index contributed by atoms with van der Waals surface area (Å²) in [6.07, 6.45) is 1.62. The van der Waals surface area contributed by atoms with E-state index < -0.39 is 0 Å². The fourth-order valence-corrected chi connectivity index (χ4v) is 3.61. The van der Waals surface area contributed by atoms with Crippen LogP contribution in [0.4, 0.5) is 5.69 Å². The Labute approximate surface area is 150 Å². The van der Waals surface area contributed by atoms with E-state index in [1.807, 2.05) is 18.2 Å². The molecule has 0 atom stereocenters. The van der Waals surface area contributed by atoms with E-state index in [2.05, 4.69) is 50.2 Å². The molecule has 2 aromatic carbocycles. The summed E-state index contributed by atoms with van der Waals surface area (Å²) in [6.45, 7) is 0. The number of halogens is 2. The van der Waals surface area contributed by atoms with Crippen LogP contribution in [0.15, 0.2) is 35.3 Å². The molecule has 110 valence electrons. The van der Waals surface area contributed by atoms with Gasteiger partial charge in [0.1, 0.15) is 22.9 Å². The Hall–Kier alpha value is -1.03. The largest absolute Gasteiger partial charge is 0.506 e. The predicted octanol–water partition coefficient (Wildman–Crippen LogP) is 4.37. The summed E-state index contributed by atoms with van der Waals surface area (Å²) >= 11 is 4.30. The minimum atomic E-state index is 0.224. The van der Waals surface area contributed by atoms with E-state index in [0.717, 1.165) is 7.14 Å². The number of aromatic hydroxyl groups is 1. The third kappa shape index (κ3) is 4.00. The van der Waals surface area contributed by atoms with Crippen LogP contribution in [0.25, 0.3) is 0 Å². The molecule has 2 aromatic rings. The van der Waals surface area contributed by atoms with Gasteiger partial charge in [-0.25, -0.2) is 0 Å². The van der Waals surface area contributed by atoms with Gasteiger partial charge in [-0.15, -0.1) is 0 Å². The van der Waals surface area contributed by atoms with Gasteiger partial charge in [-0.3, -0.25) is 4.99 Å². The zero-order valence-corrected chi connectivity index (χ0v) is 15.7. The molecule has 0 aliphatic carbocycles. The van der Waals surface area contributed by atoms with Crippen LogP contribution >= 0.6 is 45.2 Å². The molecule has 0 fully saturated rings. The number of nitrogens with zero attached hydrogens (tertiary/aromatic N) is 1. The Balaban J connectivity index is 2.41. The van der Waals surface area contributed by atoms with E-state index in [4.69, 9.17) is 9.47 Å². The fourth-order valence-electron chi connectivity index (χ4n) is 1.72. The van der Waals surface area contributed by atoms with Crippen molar-refractivity contribution in [3.8, 4) is 17.2 Å². The zero-order chi connectivity index (χ0) is 15.4. The zero-order valence-electron chi connectivity index (χ0n) is 11.4. The molecule has 1 N–H and O–H groups in total. The van der Waals surface area contributed by atoms with Gasteiger partial charge in [0.25, 0.3) is 0 Å². The highest BCUT2D eigenvalue weighted by molar-refractivity contribution is 14.1. The van der Waals surface area contributed by atoms with Gasteiger partial charge in [-0.1, -0.05) is 0 Å². The first kappa shape index (κ1) is 16.3. The van der Waals surface area contributed by atoms with Crippen LogP contribution in [0, 0.1) is 7.14 Å². The number of methoxy groups -OCH3 is 2. The highest BCUT2D eigenvalue weighted by Crippen LogP contribution is 2.32. The van der Waals surface area contributed by atoms with Gasteiger partial charge in [0.05, 0.1) is 17.8 Å². The lowest BCUT2D eigenvalue weighted by molar-refractivity contribution is 0.404. The number of ether oxygens (including phenoxy) is 2. The van der Waals surface area contributed by atoms with Crippen LogP contribution in [0.5, 0.6) is 17.2 Å². The Morgan fingerprint density at radius 3 is 2.52 bits per heavy atom. The van der Waals surface area contributed by atoms with Crippen molar-refractivity contribution in [3.05, 3.63) is 43.0 Å². The van der Waals surface area contributed by atoms with E-state index >= 15 is 0 Å². The highest BCUT2D eigenvalue weighted by Gasteiger charge is 2.07. The standard InChI is InChI=1S/C15H13I2NO3/c1-20-11-3-4-14(21-2)13(7-11)18-8-9-5-10(16)6-12(17)15(9)19/h3-8,19H,1-2H3. The lowest BCUT2D eigenvalue weighted by atomic mass is 10.2. The first-order chi connectivity index (χ1) is 10.0. The van der Waals surface area contributed by atoms with Crippen molar-refractivity contribution in [3.63, 3.8) is 0 Å². The molecule has 4 nitrogen and oxygen atoms in total. The van der Waals surface area contributed by atoms with Crippen LogP contribution in [0.2, 0.25) is 0 Å². The molecule has 0 spiro atoms. The molecule has 0 aliphatic rings. The molecule has 0 heterocycles. The van der Waals surface area contributed by atoms with Crippen molar-refractivity contribution >= 4 is 57.1 Å². The predicted molar refractivity (Wildman–Crippen MR) is 100 cm³/mol. The maximum absolute atomic E-state index is 10.1. The molecule has 21 heavy (non-hydrogen) atoms. The normalized spacial score (nSPS) is 10.9. The number of phenolic OH excluding ortho intramolecular Hbond substituents is 1. The van der Waals surface area contributed by atoms with E-state index in [-0.39, 0.29) is 5.75 Å². The maximum atomic E-state index is 10.1. The SMILES string of the molecule is COc1ccc(OC)c(N=Cc2cc(I)cc(I)c2O)c1. The monoisotopic (exact) mass is 509 g/mol. The summed E-state index contributed by atoms with van der Waals surface area (Å²) in [4.78, 5) is 4.40. The maximum Gasteiger partial charge on any atom is 0.144 e. The summed E-state index contributed by atoms with van der Waals surface area (Å²) in [6, 6.07) is 9.16. The smallest absolute Gasteiger partial charge is 0.144 e. The quantitative estimate of drug-likeness (QED) is 0.493. The van der Waals surface area contributed by atoms with Crippen LogP contribution in [0.3, 0.4) is 0 Å². The van der Waals surface area contributed by atoms with Gasteiger partial charge >= 0.3 is 0 Å². The summed E-state index contributed by atoms with van der Waals surface area (Å²) in [5, 5.41) is 10.1. The van der Waals surface area contributed by atoms with E-state index in [1.165, 1.54) is 0 Å². The van der Waals surface area contributed by atoms with E-state index in [1.54, 1.807) is 32.6 Å². The van der Waals surface area contributed by atoms with Crippen LogP contribution < -0.4 is 9.47 Å². The van der Waals surface area contributed by atoms with E-state index in [9.17, 15) is 5.11 Å². The molecule has 0 aromatic heterocycles. The van der Waals surface area contributed by atoms with Gasteiger partial charge in [0.2, 0.25) is 0 Å². The molecular weight excluding hydrogens is 496 g/mol. The molecule has 0 bridgehead atoms. The summed E-state index contributed by atoms with van der Waals surface area (Å²) in [7, 11) is 3.19. The third-order valence-corrected chi connectivity index (χ3v) is 4.23. The Kier molecular flexibility index (Phi) is 5.68. The minimum Gasteiger partial charge on any atom is -0.506 e. The molecule has 0 aliphatic heterocycles. The molecular formula is C15H13I2NO3. The van der Waals surface area contributed by atoms with Gasteiger partial charge in [0, 0.05) is 21.4 Å². The first-order valence-electron chi connectivity index (χ1n) is 5.99. The molecule has 0 unspecified atom stereocenters. The number of hydrogen-bond acceptors (Lipinski definition) is 4. The number of phenols is 1. The fraction of sp³-hybridized carbons (Fsp3) is 0.133. The topological polar surface area (TPSA) is 51.0 Å². The summed E-state index contributed by atoms with van der Waals surface area (Å²) < 4.78 is 12.3. The molecule has 2 rings (SSSR count). The number of aliphatic imine (C=N–C) groups is 1. The number of hydrogen-bond donors (Lipinski definition) is 1. The molecule has 0 radical (unpaired) electrons. The summed E-state index contributed by atoms with van der Waals surface area (Å²) in [5.41, 5.74) is 1.31. The van der Waals surface area contributed by atoms with Gasteiger partial charge in [0.15, 0.2) is 0 Å². The minimum absolute atomic E-state index is 0.224. The van der Waals surface area contributed by atoms with Crippen LogP contribution in [-0.4, -0.2) is 25.5 Å². The average Bonchev–Trinajstić information content (AvgIpc) is 2.49. The molecule has 6 heteroatoms. The summed E-state index contributed by atoms with van der Waals surface area (Å²) in [5.74, 6) is 1.57. The number of rotatable bonds is 4. The Morgan fingerprint density at radius 1 is 1.10 bits per heavy atom. The second-order valence-electron chi connectivity index (χ2n) is 4.12. The van der Waals surface area contributed by atoms with E-state index in [0.29, 0.717) is 22.7 Å². The lowest BCUT2D eigenvalue weighted by Crippen LogP contribution is -1.89. The first-order valence-corrected chi connectivity index (χ1v) is 8.15. The Morgan fingerprint density at radius 2 is 1.86 bits per heavy atom. The van der Waals surface area contributed by atoms with Gasteiger partial charge in [-0.2, -0.15) is 0 Å². The second kappa shape index (κ2) is 7.30. The van der Waals surface area contributed by atoms with Crippen LogP contribution in [-0.2, 0) is 0 Å². The van der Waals surface area contributed by atoms with Crippen molar-refractivity contribution < 1.29 is 14.6 Å². The Bertz CT molecular complexity index is 687. The van der Waals surface area contributed by atoms with Crippen molar-refractivity contribution in [2.45, 2.75) is 0 Å². The van der Waals surface area contributed by atoms with Crippen molar-refractivity contribution in [2.75, 3.05) is 14.2 Å². The van der Waals surface area contributed by atoms with Gasteiger partial charge < -0.3 is 14.6 Å². The van der Waals surface area contributed by atoms with Crippen molar-refractivity contribution in [1.82, 2.24) is 0 Å². The van der Waals surface area contributed by atoms with Crippen molar-refractivity contribution in [1.29, 1.82) is 0 Å². The molecule has 0 saturated carbocycles. The second-order valence-corrected chi connectivity index (χ2v) is 6.53. The highest BCUT2D eigenvalue weighted by atomic mass is 127. The van der Waals surface area contributed by atoms with Crippen LogP contribution in [0.1, 0.15) is 5.56 Å². The molecule has 0 amide bonds. The van der Waals surface area contributed by atoms with Gasteiger partial charge in [-0.05, 0) is 69.4 Å².